The molecule has 0 aliphatic heterocycles. The van der Waals surface area contributed by atoms with Crippen LogP contribution in [-0.2, 0) is 0 Å². The van der Waals surface area contributed by atoms with E-state index in [9.17, 15) is 0 Å². The van der Waals surface area contributed by atoms with Crippen molar-refractivity contribution in [3.63, 3.8) is 0 Å². The molecule has 0 N–H and O–H groups in total. The van der Waals surface area contributed by atoms with Crippen molar-refractivity contribution in [2.75, 3.05) is 9.80 Å². The van der Waals surface area contributed by atoms with Crippen molar-refractivity contribution in [1.82, 2.24) is 9.97 Å². The van der Waals surface area contributed by atoms with E-state index in [1.807, 2.05) is 30.3 Å². The third-order valence-corrected chi connectivity index (χ3v) is 12.5. The molecule has 280 valence electrons. The van der Waals surface area contributed by atoms with E-state index in [0.29, 0.717) is 17.8 Å². The van der Waals surface area contributed by atoms with E-state index >= 15 is 0 Å². The minimum atomic E-state index is 0.567. The van der Waals surface area contributed by atoms with Gasteiger partial charge in [0.05, 0.1) is 22.4 Å². The van der Waals surface area contributed by atoms with E-state index in [4.69, 9.17) is 9.97 Å². The van der Waals surface area contributed by atoms with Gasteiger partial charge in [-0.05, 0) is 121 Å². The smallest absolute Gasteiger partial charge is 0.0973 e. The Morgan fingerprint density at radius 3 is 1.55 bits per heavy atom. The van der Waals surface area contributed by atoms with Crippen molar-refractivity contribution in [2.24, 2.45) is 23.7 Å². The van der Waals surface area contributed by atoms with E-state index in [2.05, 4.69) is 174 Å². The summed E-state index contributed by atoms with van der Waals surface area (Å²) in [5.41, 5.74) is 15.3. The summed E-state index contributed by atoms with van der Waals surface area (Å²) in [5, 5.41) is 0. The molecule has 7 aromatic rings. The van der Waals surface area contributed by atoms with E-state index in [1.165, 1.54) is 47.5 Å². The maximum Gasteiger partial charge on any atom is 0.0973 e. The summed E-state index contributed by atoms with van der Waals surface area (Å²) in [5.74, 6) is 2.60. The summed E-state index contributed by atoms with van der Waals surface area (Å²) in [4.78, 5) is 15.2. The van der Waals surface area contributed by atoms with Gasteiger partial charge in [-0.2, -0.15) is 0 Å². The van der Waals surface area contributed by atoms with E-state index in [1.54, 1.807) is 0 Å². The van der Waals surface area contributed by atoms with Crippen LogP contribution in [0.3, 0.4) is 0 Å². The molecule has 2 saturated carbocycles. The first-order chi connectivity index (χ1) is 28.7. The summed E-state index contributed by atoms with van der Waals surface area (Å²) in [6.45, 7) is 0. The molecule has 4 atom stereocenters. The van der Waals surface area contributed by atoms with Crippen LogP contribution in [0.5, 0.6) is 0 Å². The lowest BCUT2D eigenvalue weighted by Gasteiger charge is -2.42. The lowest BCUT2D eigenvalue weighted by molar-refractivity contribution is 0.268. The first kappa shape index (κ1) is 34.5. The fraction of sp³-hybridized carbons (Fsp3) is 0.148. The number of fused-ring (bicyclic) bond motifs is 3. The molecular formula is C54H44N4. The van der Waals surface area contributed by atoms with Crippen LogP contribution in [-0.4, -0.2) is 9.97 Å². The first-order valence-corrected chi connectivity index (χ1v) is 20.8. The van der Waals surface area contributed by atoms with Crippen LogP contribution in [0.1, 0.15) is 25.7 Å². The number of hydrogen-bond acceptors (Lipinski definition) is 4. The minimum Gasteiger partial charge on any atom is -0.315 e. The molecule has 11 rings (SSSR count). The molecule has 58 heavy (non-hydrogen) atoms. The third kappa shape index (κ3) is 6.45. The number of para-hydroxylation sites is 2. The topological polar surface area (TPSA) is 32.3 Å². The van der Waals surface area contributed by atoms with Crippen molar-refractivity contribution >= 4 is 33.8 Å². The Kier molecular flexibility index (Phi) is 8.69. The highest BCUT2D eigenvalue weighted by atomic mass is 15.2. The average molecular weight is 749 g/mol. The van der Waals surface area contributed by atoms with Gasteiger partial charge in [0.15, 0.2) is 0 Å². The number of hydrogen-bond donors (Lipinski definition) is 0. The average Bonchev–Trinajstić information content (AvgIpc) is 4.08. The van der Waals surface area contributed by atoms with Gasteiger partial charge in [0.2, 0.25) is 0 Å². The second kappa shape index (κ2) is 14.6. The SMILES string of the molecule is C1=CC2CCC2C(N(C2=CC3CC3C=C2)c2ccc(N(c3ccc(-c4ccccc4)cc3)c3ccc(-c4nc5ccccc5nc4-c4ccccc4)cc3)cc2)=CC1. The Hall–Kier alpha value is -6.78. The lowest BCUT2D eigenvalue weighted by Crippen LogP contribution is -2.34. The largest absolute Gasteiger partial charge is 0.315 e. The molecule has 0 radical (unpaired) electrons. The molecule has 4 unspecified atom stereocenters. The highest BCUT2D eigenvalue weighted by Gasteiger charge is 2.39. The molecule has 4 aliphatic carbocycles. The lowest BCUT2D eigenvalue weighted by atomic mass is 9.71. The highest BCUT2D eigenvalue weighted by molar-refractivity contribution is 5.87. The summed E-state index contributed by atoms with van der Waals surface area (Å²) in [6, 6.07) is 56.1. The second-order valence-corrected chi connectivity index (χ2v) is 16.1. The van der Waals surface area contributed by atoms with Crippen molar-refractivity contribution in [1.29, 1.82) is 0 Å². The Labute approximate surface area is 340 Å². The van der Waals surface area contributed by atoms with Gasteiger partial charge >= 0.3 is 0 Å². The van der Waals surface area contributed by atoms with E-state index in [-0.39, 0.29) is 0 Å². The summed E-state index contributed by atoms with van der Waals surface area (Å²) in [7, 11) is 0. The van der Waals surface area contributed by atoms with Gasteiger partial charge in [0.1, 0.15) is 0 Å². The van der Waals surface area contributed by atoms with Gasteiger partial charge in [0, 0.05) is 51.2 Å². The maximum absolute atomic E-state index is 5.18. The zero-order valence-electron chi connectivity index (χ0n) is 32.4. The van der Waals surface area contributed by atoms with Crippen molar-refractivity contribution in [2.45, 2.75) is 25.7 Å². The maximum atomic E-state index is 5.18. The van der Waals surface area contributed by atoms with Crippen LogP contribution in [0, 0.1) is 23.7 Å². The molecule has 0 saturated heterocycles. The zero-order valence-corrected chi connectivity index (χ0v) is 32.4. The molecule has 1 heterocycles. The standard InChI is InChI=1S/C54H44N4/c1-3-11-37(12-4-1)38-19-25-44(26-20-38)57(45-27-21-41(22-28-45)54-53(40-14-5-2-6-15-40)55-50-16-8-9-17-51(50)56-54)46-30-32-47(33-31-46)58(48-29-23-42-35-43(42)36-48)52-18-10-7-13-39-24-34-49(39)52/h1-9,11-23,25-33,36,39,42-43,49H,10,24,34-35H2. The summed E-state index contributed by atoms with van der Waals surface area (Å²) < 4.78 is 0. The van der Waals surface area contributed by atoms with Crippen LogP contribution in [0.25, 0.3) is 44.7 Å². The van der Waals surface area contributed by atoms with Gasteiger partial charge < -0.3 is 9.80 Å². The summed E-state index contributed by atoms with van der Waals surface area (Å²) in [6.07, 6.45) is 19.4. The second-order valence-electron chi connectivity index (χ2n) is 16.1. The highest BCUT2D eigenvalue weighted by Crippen LogP contribution is 2.50. The number of anilines is 4. The van der Waals surface area contributed by atoms with Crippen LogP contribution in [0.2, 0.25) is 0 Å². The third-order valence-electron chi connectivity index (χ3n) is 12.5. The van der Waals surface area contributed by atoms with Crippen molar-refractivity contribution in [3.8, 4) is 33.6 Å². The van der Waals surface area contributed by atoms with Crippen LogP contribution < -0.4 is 9.80 Å². The molecule has 0 amide bonds. The quantitative estimate of drug-likeness (QED) is 0.138. The molecular weight excluding hydrogens is 705 g/mol. The molecule has 0 spiro atoms. The monoisotopic (exact) mass is 748 g/mol. The number of benzene rings is 6. The van der Waals surface area contributed by atoms with Crippen LogP contribution >= 0.6 is 0 Å². The molecule has 6 aromatic carbocycles. The van der Waals surface area contributed by atoms with E-state index < -0.39 is 0 Å². The van der Waals surface area contributed by atoms with Gasteiger partial charge in [0.25, 0.3) is 0 Å². The molecule has 4 nitrogen and oxygen atoms in total. The Morgan fingerprint density at radius 2 is 0.966 bits per heavy atom. The molecule has 2 fully saturated rings. The van der Waals surface area contributed by atoms with Gasteiger partial charge in [-0.25, -0.2) is 9.97 Å². The van der Waals surface area contributed by atoms with Crippen LogP contribution in [0.4, 0.5) is 22.7 Å². The Morgan fingerprint density at radius 1 is 0.448 bits per heavy atom. The molecule has 4 heteroatoms. The zero-order chi connectivity index (χ0) is 38.4. The predicted octanol–water partition coefficient (Wildman–Crippen LogP) is 13.9. The first-order valence-electron chi connectivity index (χ1n) is 20.8. The van der Waals surface area contributed by atoms with Crippen LogP contribution in [0.15, 0.2) is 206 Å². The summed E-state index contributed by atoms with van der Waals surface area (Å²) >= 11 is 0. The Balaban J connectivity index is 0.989. The van der Waals surface area contributed by atoms with E-state index in [0.717, 1.165) is 62.9 Å². The number of rotatable bonds is 9. The van der Waals surface area contributed by atoms with Gasteiger partial charge in [-0.3, -0.25) is 0 Å². The number of aromatic nitrogens is 2. The number of nitrogens with zero attached hydrogens (tertiary/aromatic N) is 4. The number of allylic oxidation sites excluding steroid dienone is 7. The molecule has 4 aliphatic rings. The fourth-order valence-corrected chi connectivity index (χ4v) is 9.11. The van der Waals surface area contributed by atoms with Gasteiger partial charge in [-0.15, -0.1) is 0 Å². The van der Waals surface area contributed by atoms with Crippen molar-refractivity contribution in [3.05, 3.63) is 206 Å². The normalized spacial score (nSPS) is 20.2. The minimum absolute atomic E-state index is 0.567. The predicted molar refractivity (Wildman–Crippen MR) is 240 cm³/mol. The molecule has 1 aromatic heterocycles. The van der Waals surface area contributed by atoms with Crippen molar-refractivity contribution < 1.29 is 0 Å². The Bertz CT molecular complexity index is 2730. The molecule has 0 bridgehead atoms. The van der Waals surface area contributed by atoms with Gasteiger partial charge in [-0.1, -0.05) is 127 Å². The fourth-order valence-electron chi connectivity index (χ4n) is 9.11.